The lowest BCUT2D eigenvalue weighted by Crippen LogP contribution is -2.35. The molecule has 0 N–H and O–H groups in total. The van der Waals surface area contributed by atoms with Crippen LogP contribution < -0.4 is 0 Å². The highest BCUT2D eigenvalue weighted by atomic mass is 16.1. The van der Waals surface area contributed by atoms with Crippen LogP contribution in [0, 0.1) is 5.92 Å². The molecular weight excluding hydrogens is 150 g/mol. The van der Waals surface area contributed by atoms with E-state index in [4.69, 9.17) is 0 Å². The number of ketones is 1. The first-order chi connectivity index (χ1) is 5.65. The molecule has 0 amide bonds. The summed E-state index contributed by atoms with van der Waals surface area (Å²) in [5, 5.41) is 0. The Hall–Kier alpha value is -0.370. The summed E-state index contributed by atoms with van der Waals surface area (Å²) < 4.78 is 0. The molecule has 1 aliphatic heterocycles. The van der Waals surface area contributed by atoms with Crippen LogP contribution in [0.1, 0.15) is 33.6 Å². The minimum Gasteiger partial charge on any atom is -0.298 e. The standard InChI is InChI=1S/C10H19NO/c1-4-10-5-6-11(7-10)8(2)9(3)12/h8,10H,4-7H2,1-3H3. The van der Waals surface area contributed by atoms with Crippen molar-refractivity contribution in [3.63, 3.8) is 0 Å². The summed E-state index contributed by atoms with van der Waals surface area (Å²) in [7, 11) is 0. The average molecular weight is 169 g/mol. The maximum atomic E-state index is 11.1. The monoisotopic (exact) mass is 169 g/mol. The fourth-order valence-corrected chi connectivity index (χ4v) is 1.80. The number of carbonyl (C=O) groups excluding carboxylic acids is 1. The fraction of sp³-hybridized carbons (Fsp3) is 0.900. The quantitative estimate of drug-likeness (QED) is 0.641. The third kappa shape index (κ3) is 2.07. The molecule has 0 spiro atoms. The molecule has 0 aromatic heterocycles. The van der Waals surface area contributed by atoms with E-state index in [-0.39, 0.29) is 6.04 Å². The first-order valence-electron chi connectivity index (χ1n) is 4.89. The molecule has 0 aromatic rings. The highest BCUT2D eigenvalue weighted by Crippen LogP contribution is 2.20. The molecule has 0 saturated carbocycles. The normalized spacial score (nSPS) is 27.4. The van der Waals surface area contributed by atoms with Crippen LogP contribution in [0.4, 0.5) is 0 Å². The van der Waals surface area contributed by atoms with E-state index in [9.17, 15) is 4.79 Å². The highest BCUT2D eigenvalue weighted by molar-refractivity contribution is 5.80. The van der Waals surface area contributed by atoms with Crippen LogP contribution in [0.5, 0.6) is 0 Å². The predicted molar refractivity (Wildman–Crippen MR) is 50.1 cm³/mol. The van der Waals surface area contributed by atoms with E-state index in [1.807, 2.05) is 6.92 Å². The second kappa shape index (κ2) is 4.04. The van der Waals surface area contributed by atoms with Crippen LogP contribution in [0.25, 0.3) is 0 Å². The van der Waals surface area contributed by atoms with Crippen molar-refractivity contribution < 1.29 is 4.79 Å². The molecule has 0 aliphatic carbocycles. The van der Waals surface area contributed by atoms with Gasteiger partial charge in [-0.1, -0.05) is 13.3 Å². The van der Waals surface area contributed by atoms with Crippen LogP contribution in [-0.4, -0.2) is 29.8 Å². The number of hydrogen-bond donors (Lipinski definition) is 0. The molecule has 0 bridgehead atoms. The van der Waals surface area contributed by atoms with Gasteiger partial charge in [0.05, 0.1) is 6.04 Å². The van der Waals surface area contributed by atoms with E-state index in [1.165, 1.54) is 12.8 Å². The van der Waals surface area contributed by atoms with Gasteiger partial charge >= 0.3 is 0 Å². The SMILES string of the molecule is CCC1CCN(C(C)C(C)=O)C1. The van der Waals surface area contributed by atoms with Crippen LogP contribution >= 0.6 is 0 Å². The molecule has 2 nitrogen and oxygen atoms in total. The zero-order chi connectivity index (χ0) is 9.14. The van der Waals surface area contributed by atoms with Crippen LogP contribution in [-0.2, 0) is 4.79 Å². The average Bonchev–Trinajstić information content (AvgIpc) is 2.50. The van der Waals surface area contributed by atoms with Crippen molar-refractivity contribution in [2.24, 2.45) is 5.92 Å². The molecule has 1 heterocycles. The molecule has 0 radical (unpaired) electrons. The van der Waals surface area contributed by atoms with Crippen molar-refractivity contribution in [3.05, 3.63) is 0 Å². The molecule has 0 aromatic carbocycles. The second-order valence-corrected chi connectivity index (χ2v) is 3.84. The van der Waals surface area contributed by atoms with E-state index in [0.717, 1.165) is 19.0 Å². The van der Waals surface area contributed by atoms with Gasteiger partial charge in [-0.3, -0.25) is 9.69 Å². The summed E-state index contributed by atoms with van der Waals surface area (Å²) in [5.41, 5.74) is 0. The molecule has 1 saturated heterocycles. The topological polar surface area (TPSA) is 20.3 Å². The van der Waals surface area contributed by atoms with Crippen molar-refractivity contribution >= 4 is 5.78 Å². The van der Waals surface area contributed by atoms with Crippen molar-refractivity contribution in [2.45, 2.75) is 39.7 Å². The minimum absolute atomic E-state index is 0.140. The molecule has 2 heteroatoms. The van der Waals surface area contributed by atoms with Gasteiger partial charge in [0, 0.05) is 6.54 Å². The van der Waals surface area contributed by atoms with Crippen LogP contribution in [0.2, 0.25) is 0 Å². The predicted octanol–water partition coefficient (Wildman–Crippen LogP) is 1.70. The molecule has 12 heavy (non-hydrogen) atoms. The van der Waals surface area contributed by atoms with Gasteiger partial charge in [0.15, 0.2) is 0 Å². The lowest BCUT2D eigenvalue weighted by molar-refractivity contribution is -0.121. The molecule has 2 unspecified atom stereocenters. The van der Waals surface area contributed by atoms with Gasteiger partial charge in [-0.05, 0) is 32.7 Å². The summed E-state index contributed by atoms with van der Waals surface area (Å²) in [6.45, 7) is 8.16. The van der Waals surface area contributed by atoms with Gasteiger partial charge in [-0.25, -0.2) is 0 Å². The molecule has 1 aliphatic rings. The zero-order valence-electron chi connectivity index (χ0n) is 8.34. The summed E-state index contributed by atoms with van der Waals surface area (Å²) in [5.74, 6) is 1.12. The third-order valence-electron chi connectivity index (χ3n) is 3.03. The van der Waals surface area contributed by atoms with Gasteiger partial charge in [0.1, 0.15) is 5.78 Å². The maximum Gasteiger partial charge on any atom is 0.146 e. The Labute approximate surface area is 74.9 Å². The zero-order valence-corrected chi connectivity index (χ0v) is 8.34. The Bertz CT molecular complexity index is 167. The largest absolute Gasteiger partial charge is 0.298 e. The molecule has 2 atom stereocenters. The lowest BCUT2D eigenvalue weighted by atomic mass is 10.1. The Kier molecular flexibility index (Phi) is 3.27. The third-order valence-corrected chi connectivity index (χ3v) is 3.03. The minimum atomic E-state index is 0.140. The first-order valence-corrected chi connectivity index (χ1v) is 4.89. The highest BCUT2D eigenvalue weighted by Gasteiger charge is 2.26. The van der Waals surface area contributed by atoms with Gasteiger partial charge in [0.2, 0.25) is 0 Å². The fourth-order valence-electron chi connectivity index (χ4n) is 1.80. The van der Waals surface area contributed by atoms with Gasteiger partial charge < -0.3 is 0 Å². The van der Waals surface area contributed by atoms with Crippen molar-refractivity contribution in [3.8, 4) is 0 Å². The molecule has 1 fully saturated rings. The second-order valence-electron chi connectivity index (χ2n) is 3.84. The first kappa shape index (κ1) is 9.72. The van der Waals surface area contributed by atoms with Crippen molar-refractivity contribution in [2.75, 3.05) is 13.1 Å². The summed E-state index contributed by atoms with van der Waals surface area (Å²) >= 11 is 0. The van der Waals surface area contributed by atoms with Gasteiger partial charge in [-0.15, -0.1) is 0 Å². The van der Waals surface area contributed by atoms with E-state index in [1.54, 1.807) is 6.92 Å². The number of nitrogens with zero attached hydrogens (tertiary/aromatic N) is 1. The molecule has 1 rings (SSSR count). The number of likely N-dealkylation sites (tertiary alicyclic amines) is 1. The van der Waals surface area contributed by atoms with Crippen LogP contribution in [0.15, 0.2) is 0 Å². The van der Waals surface area contributed by atoms with Gasteiger partial charge in [0.25, 0.3) is 0 Å². The van der Waals surface area contributed by atoms with E-state index >= 15 is 0 Å². The number of rotatable bonds is 3. The molecule has 70 valence electrons. The smallest absolute Gasteiger partial charge is 0.146 e. The van der Waals surface area contributed by atoms with E-state index < -0.39 is 0 Å². The van der Waals surface area contributed by atoms with E-state index in [0.29, 0.717) is 5.78 Å². The lowest BCUT2D eigenvalue weighted by Gasteiger charge is -2.21. The van der Waals surface area contributed by atoms with Crippen molar-refractivity contribution in [1.29, 1.82) is 0 Å². The Morgan fingerprint density at radius 1 is 1.67 bits per heavy atom. The Morgan fingerprint density at radius 3 is 2.75 bits per heavy atom. The van der Waals surface area contributed by atoms with Gasteiger partial charge in [-0.2, -0.15) is 0 Å². The maximum absolute atomic E-state index is 11.1. The summed E-state index contributed by atoms with van der Waals surface area (Å²) in [6, 6.07) is 0.140. The molecular formula is C10H19NO. The number of hydrogen-bond acceptors (Lipinski definition) is 2. The van der Waals surface area contributed by atoms with Crippen molar-refractivity contribution in [1.82, 2.24) is 4.90 Å². The Morgan fingerprint density at radius 2 is 2.33 bits per heavy atom. The summed E-state index contributed by atoms with van der Waals surface area (Å²) in [6.07, 6.45) is 2.52. The van der Waals surface area contributed by atoms with E-state index in [2.05, 4.69) is 11.8 Å². The number of carbonyl (C=O) groups is 1. The Balaban J connectivity index is 2.41. The van der Waals surface area contributed by atoms with Crippen LogP contribution in [0.3, 0.4) is 0 Å². The number of Topliss-reactive ketones (excluding diaryl/α,β-unsaturated/α-hetero) is 1. The summed E-state index contributed by atoms with van der Waals surface area (Å²) in [4.78, 5) is 13.4.